The van der Waals surface area contributed by atoms with Crippen molar-refractivity contribution in [3.8, 4) is 17.0 Å². The van der Waals surface area contributed by atoms with Gasteiger partial charge in [-0.1, -0.05) is 18.2 Å². The van der Waals surface area contributed by atoms with Gasteiger partial charge in [0.1, 0.15) is 0 Å². The molecule has 2 aliphatic rings. The van der Waals surface area contributed by atoms with Gasteiger partial charge in [0.2, 0.25) is 0 Å². The smallest absolute Gasteiger partial charge is 0.410 e. The van der Waals surface area contributed by atoms with E-state index in [1.54, 1.807) is 16.5 Å². The van der Waals surface area contributed by atoms with Crippen molar-refractivity contribution in [3.05, 3.63) is 47.3 Å². The minimum Gasteiger partial charge on any atom is -0.493 e. The molecule has 2 heterocycles. The molecular weight excluding hydrogens is 420 g/mol. The molecule has 172 valence electrons. The molecule has 1 aromatic carbocycles. The van der Waals surface area contributed by atoms with Gasteiger partial charge < -0.3 is 14.4 Å². The average Bonchev–Trinajstić information content (AvgIpc) is 3.46. The van der Waals surface area contributed by atoms with Gasteiger partial charge in [0.15, 0.2) is 29.1 Å². The maximum atomic E-state index is 12.7. The fourth-order valence-electron chi connectivity index (χ4n) is 4.59. The van der Waals surface area contributed by atoms with Crippen LogP contribution in [0.1, 0.15) is 61.0 Å². The molecule has 2 aromatic heterocycles. The Balaban J connectivity index is 1.60. The van der Waals surface area contributed by atoms with Crippen LogP contribution in [0.3, 0.4) is 0 Å². The van der Waals surface area contributed by atoms with E-state index >= 15 is 0 Å². The number of aromatic nitrogens is 3. The van der Waals surface area contributed by atoms with Gasteiger partial charge in [-0.25, -0.2) is 14.3 Å². The zero-order chi connectivity index (χ0) is 23.1. The van der Waals surface area contributed by atoms with Crippen molar-refractivity contribution in [1.82, 2.24) is 19.5 Å². The van der Waals surface area contributed by atoms with E-state index in [1.165, 1.54) is 0 Å². The van der Waals surface area contributed by atoms with Gasteiger partial charge in [-0.15, -0.1) is 5.10 Å². The van der Waals surface area contributed by atoms with Crippen LogP contribution in [0.5, 0.6) is 5.75 Å². The van der Waals surface area contributed by atoms with Crippen molar-refractivity contribution in [3.63, 3.8) is 0 Å². The third-order valence-electron chi connectivity index (χ3n) is 6.59. The van der Waals surface area contributed by atoms with Crippen LogP contribution >= 0.6 is 0 Å². The molecule has 33 heavy (non-hydrogen) atoms. The zero-order valence-corrected chi connectivity index (χ0v) is 19.2. The number of ether oxygens (including phenoxy) is 2. The standard InChI is InChI=1S/C25H28N4O4/c1-4-28(5-2)25(31)33-22(15-9-10-15)23-26-24-21(32-3)14-12-19(29(24)27-23)17-7-6-8-18-16(17)11-13-20(18)30/h6-8,12,14-15,22H,4-5,9-11,13H2,1-3H3. The number of carbonyl (C=O) groups excluding carboxylic acids is 2. The Morgan fingerprint density at radius 2 is 1.91 bits per heavy atom. The summed E-state index contributed by atoms with van der Waals surface area (Å²) < 4.78 is 13.2. The van der Waals surface area contributed by atoms with Crippen molar-refractivity contribution in [2.45, 2.75) is 45.6 Å². The van der Waals surface area contributed by atoms with E-state index in [-0.39, 0.29) is 17.8 Å². The van der Waals surface area contributed by atoms with Crippen LogP contribution in [-0.4, -0.2) is 51.6 Å². The number of ketones is 1. The number of hydrogen-bond acceptors (Lipinski definition) is 6. The first kappa shape index (κ1) is 21.4. The number of pyridine rings is 1. The molecule has 1 amide bonds. The van der Waals surface area contributed by atoms with E-state index in [0.29, 0.717) is 43.2 Å². The Bertz CT molecular complexity index is 1230. The summed E-state index contributed by atoms with van der Waals surface area (Å²) >= 11 is 0. The molecule has 0 spiro atoms. The van der Waals surface area contributed by atoms with E-state index in [9.17, 15) is 9.59 Å². The first-order valence-electron chi connectivity index (χ1n) is 11.6. The van der Waals surface area contributed by atoms with Crippen molar-refractivity contribution in [2.24, 2.45) is 5.92 Å². The Hall–Kier alpha value is -3.42. The topological polar surface area (TPSA) is 86.0 Å². The Labute approximate surface area is 192 Å². The number of hydrogen-bond donors (Lipinski definition) is 0. The van der Waals surface area contributed by atoms with Crippen LogP contribution in [0.2, 0.25) is 0 Å². The monoisotopic (exact) mass is 448 g/mol. The molecule has 0 radical (unpaired) electrons. The summed E-state index contributed by atoms with van der Waals surface area (Å²) in [5.41, 5.74) is 4.18. The van der Waals surface area contributed by atoms with E-state index in [2.05, 4.69) is 0 Å². The van der Waals surface area contributed by atoms with Crippen molar-refractivity contribution in [1.29, 1.82) is 0 Å². The third-order valence-corrected chi connectivity index (χ3v) is 6.59. The minimum atomic E-state index is -0.501. The quantitative estimate of drug-likeness (QED) is 0.530. The van der Waals surface area contributed by atoms with Gasteiger partial charge in [0.05, 0.1) is 12.8 Å². The lowest BCUT2D eigenvalue weighted by molar-refractivity contribution is 0.0507. The molecule has 8 nitrogen and oxygen atoms in total. The first-order chi connectivity index (χ1) is 16.0. The van der Waals surface area contributed by atoms with E-state index in [4.69, 9.17) is 19.6 Å². The predicted molar refractivity (Wildman–Crippen MR) is 122 cm³/mol. The summed E-state index contributed by atoms with van der Waals surface area (Å²) in [6.45, 7) is 5.03. The number of amides is 1. The highest BCUT2D eigenvalue weighted by atomic mass is 16.6. The Kier molecular flexibility index (Phi) is 5.52. The molecule has 1 saturated carbocycles. The normalized spacial score (nSPS) is 16.0. The Morgan fingerprint density at radius 3 is 2.61 bits per heavy atom. The summed E-state index contributed by atoms with van der Waals surface area (Å²) in [7, 11) is 1.60. The second kappa shape index (κ2) is 8.50. The second-order valence-electron chi connectivity index (χ2n) is 8.56. The molecule has 2 aliphatic carbocycles. The predicted octanol–water partition coefficient (Wildman–Crippen LogP) is 4.46. The lowest BCUT2D eigenvalue weighted by atomic mass is 10.00. The molecule has 8 heteroatoms. The number of nitrogens with zero attached hydrogens (tertiary/aromatic N) is 4. The summed E-state index contributed by atoms with van der Waals surface area (Å²) in [5, 5.41) is 4.81. The van der Waals surface area contributed by atoms with Gasteiger partial charge in [-0.05, 0) is 50.8 Å². The van der Waals surface area contributed by atoms with Crippen molar-refractivity contribution < 1.29 is 19.1 Å². The molecule has 1 atom stereocenters. The van der Waals surface area contributed by atoms with Crippen LogP contribution < -0.4 is 4.74 Å². The summed E-state index contributed by atoms with van der Waals surface area (Å²) in [4.78, 5) is 31.4. The third kappa shape index (κ3) is 3.73. The number of Topliss-reactive ketones (excluding diaryl/α,β-unsaturated/α-hetero) is 1. The molecule has 0 bridgehead atoms. The number of methoxy groups -OCH3 is 1. The fourth-order valence-corrected chi connectivity index (χ4v) is 4.59. The van der Waals surface area contributed by atoms with E-state index < -0.39 is 6.10 Å². The second-order valence-corrected chi connectivity index (χ2v) is 8.56. The van der Waals surface area contributed by atoms with Gasteiger partial charge in [0.25, 0.3) is 0 Å². The molecule has 0 aliphatic heterocycles. The van der Waals surface area contributed by atoms with Crippen LogP contribution in [0, 0.1) is 5.92 Å². The lowest BCUT2D eigenvalue weighted by Gasteiger charge is -2.22. The molecular formula is C25H28N4O4. The van der Waals surface area contributed by atoms with E-state index in [1.807, 2.05) is 44.2 Å². The van der Waals surface area contributed by atoms with Gasteiger partial charge in [-0.3, -0.25) is 4.79 Å². The molecule has 5 rings (SSSR count). The average molecular weight is 449 g/mol. The van der Waals surface area contributed by atoms with Crippen LogP contribution in [0.4, 0.5) is 4.79 Å². The lowest BCUT2D eigenvalue weighted by Crippen LogP contribution is -2.32. The summed E-state index contributed by atoms with van der Waals surface area (Å²) in [6, 6.07) is 9.62. The van der Waals surface area contributed by atoms with Crippen molar-refractivity contribution >= 4 is 17.5 Å². The van der Waals surface area contributed by atoms with E-state index in [0.717, 1.165) is 35.2 Å². The van der Waals surface area contributed by atoms with Gasteiger partial charge in [0, 0.05) is 36.6 Å². The van der Waals surface area contributed by atoms with Gasteiger partial charge in [-0.2, -0.15) is 0 Å². The highest BCUT2D eigenvalue weighted by Crippen LogP contribution is 2.43. The highest BCUT2D eigenvalue weighted by Gasteiger charge is 2.39. The number of rotatable bonds is 7. The van der Waals surface area contributed by atoms with Crippen LogP contribution in [0.25, 0.3) is 16.9 Å². The van der Waals surface area contributed by atoms with Crippen LogP contribution in [0.15, 0.2) is 30.3 Å². The molecule has 1 unspecified atom stereocenters. The first-order valence-corrected chi connectivity index (χ1v) is 11.6. The maximum absolute atomic E-state index is 12.7. The molecule has 0 N–H and O–H groups in total. The number of benzene rings is 1. The number of carbonyl (C=O) groups is 2. The maximum Gasteiger partial charge on any atom is 0.410 e. The zero-order valence-electron chi connectivity index (χ0n) is 19.2. The summed E-state index contributed by atoms with van der Waals surface area (Å²) in [5.74, 6) is 1.46. The largest absolute Gasteiger partial charge is 0.493 e. The Morgan fingerprint density at radius 1 is 1.15 bits per heavy atom. The van der Waals surface area contributed by atoms with Crippen LogP contribution in [-0.2, 0) is 11.2 Å². The molecule has 1 fully saturated rings. The molecule has 3 aromatic rings. The minimum absolute atomic E-state index is 0.174. The van der Waals surface area contributed by atoms with Crippen molar-refractivity contribution in [2.75, 3.05) is 20.2 Å². The highest BCUT2D eigenvalue weighted by molar-refractivity contribution is 6.02. The van der Waals surface area contributed by atoms with Gasteiger partial charge >= 0.3 is 6.09 Å². The molecule has 0 saturated heterocycles. The number of fused-ring (bicyclic) bond motifs is 2. The fraction of sp³-hybridized carbons (Fsp3) is 0.440. The summed E-state index contributed by atoms with van der Waals surface area (Å²) in [6.07, 6.45) is 2.35. The SMILES string of the molecule is CCN(CC)C(=O)OC(c1nc2c(OC)ccc(-c3cccc4c3CCC4=O)n2n1)C1CC1.